The molecule has 3 nitrogen and oxygen atoms in total. The number of alkyl halides is 4. The molecule has 0 aromatic carbocycles. The molecule has 0 bridgehead atoms. The second-order valence-corrected chi connectivity index (χ2v) is 5.32. The molecule has 1 aromatic rings. The Labute approximate surface area is 99.0 Å². The van der Waals surface area contributed by atoms with Crippen LogP contribution in [0.5, 0.6) is 0 Å². The van der Waals surface area contributed by atoms with Gasteiger partial charge in [0.1, 0.15) is 0 Å². The Kier molecular flexibility index (Phi) is 3.25. The summed E-state index contributed by atoms with van der Waals surface area (Å²) in [5, 5.41) is 8.87. The molecule has 0 atom stereocenters. The number of hydrogen-bond acceptors (Lipinski definition) is 4. The average Bonchev–Trinajstić information content (AvgIpc) is 2.58. The standard InChI is InChI=1S/C8H9ClF3N3S/c9-5-1-4(2-5)3-13-7-15-14-6(16-7)8(10,11)12/h4-5H,1-3H2,(H,13,15). The lowest BCUT2D eigenvalue weighted by Gasteiger charge is -2.30. The van der Waals surface area contributed by atoms with Gasteiger partial charge < -0.3 is 5.32 Å². The fraction of sp³-hybridized carbons (Fsp3) is 0.750. The molecular weight excluding hydrogens is 263 g/mol. The third-order valence-corrected chi connectivity index (χ3v) is 3.67. The Hall–Kier alpha value is -0.560. The number of nitrogens with zero attached hydrogens (tertiary/aromatic N) is 2. The summed E-state index contributed by atoms with van der Waals surface area (Å²) >= 11 is 6.31. The van der Waals surface area contributed by atoms with Gasteiger partial charge in [-0.05, 0) is 18.8 Å². The van der Waals surface area contributed by atoms with E-state index in [1.807, 2.05) is 0 Å². The van der Waals surface area contributed by atoms with Gasteiger partial charge in [0.2, 0.25) is 10.1 Å². The van der Waals surface area contributed by atoms with Gasteiger partial charge >= 0.3 is 6.18 Å². The lowest BCUT2D eigenvalue weighted by atomic mass is 9.85. The van der Waals surface area contributed by atoms with Crippen molar-refractivity contribution in [3.63, 3.8) is 0 Å². The van der Waals surface area contributed by atoms with E-state index in [-0.39, 0.29) is 10.5 Å². The number of hydrogen-bond donors (Lipinski definition) is 1. The van der Waals surface area contributed by atoms with E-state index in [4.69, 9.17) is 11.6 Å². The molecule has 8 heteroatoms. The van der Waals surface area contributed by atoms with Gasteiger partial charge in [-0.25, -0.2) is 0 Å². The van der Waals surface area contributed by atoms with Gasteiger partial charge in [0, 0.05) is 11.9 Å². The monoisotopic (exact) mass is 271 g/mol. The maximum atomic E-state index is 12.2. The molecule has 1 fully saturated rings. The van der Waals surface area contributed by atoms with Crippen LogP contribution in [0.15, 0.2) is 0 Å². The van der Waals surface area contributed by atoms with Crippen molar-refractivity contribution in [1.29, 1.82) is 0 Å². The molecule has 1 aliphatic carbocycles. The highest BCUT2D eigenvalue weighted by atomic mass is 35.5. The SMILES string of the molecule is FC(F)(F)c1nnc(NCC2CC(Cl)C2)s1. The van der Waals surface area contributed by atoms with Gasteiger partial charge in [-0.3, -0.25) is 0 Å². The van der Waals surface area contributed by atoms with Crippen molar-refractivity contribution in [2.45, 2.75) is 24.4 Å². The van der Waals surface area contributed by atoms with Gasteiger partial charge in [-0.2, -0.15) is 13.2 Å². The average molecular weight is 272 g/mol. The summed E-state index contributed by atoms with van der Waals surface area (Å²) in [7, 11) is 0. The van der Waals surface area contributed by atoms with Crippen molar-refractivity contribution in [2.24, 2.45) is 5.92 Å². The van der Waals surface area contributed by atoms with E-state index in [1.165, 1.54) is 0 Å². The highest BCUT2D eigenvalue weighted by molar-refractivity contribution is 7.15. The minimum Gasteiger partial charge on any atom is -0.360 e. The molecule has 0 amide bonds. The molecule has 0 radical (unpaired) electrons. The molecule has 0 saturated heterocycles. The molecule has 0 aliphatic heterocycles. The molecule has 0 unspecified atom stereocenters. The van der Waals surface area contributed by atoms with Crippen molar-refractivity contribution in [1.82, 2.24) is 10.2 Å². The fourth-order valence-electron chi connectivity index (χ4n) is 1.46. The van der Waals surface area contributed by atoms with Gasteiger partial charge in [-0.1, -0.05) is 11.3 Å². The van der Waals surface area contributed by atoms with Gasteiger partial charge in [0.25, 0.3) is 0 Å². The number of nitrogens with one attached hydrogen (secondary N) is 1. The Morgan fingerprint density at radius 3 is 2.56 bits per heavy atom. The molecular formula is C8H9ClF3N3S. The Balaban J connectivity index is 1.84. The van der Waals surface area contributed by atoms with E-state index >= 15 is 0 Å². The lowest BCUT2D eigenvalue weighted by Crippen LogP contribution is -2.29. The van der Waals surface area contributed by atoms with Gasteiger partial charge in [0.15, 0.2) is 0 Å². The third-order valence-electron chi connectivity index (χ3n) is 2.39. The zero-order valence-electron chi connectivity index (χ0n) is 8.09. The second kappa shape index (κ2) is 4.37. The van der Waals surface area contributed by atoms with E-state index in [1.54, 1.807) is 0 Å². The van der Waals surface area contributed by atoms with Crippen LogP contribution in [0.4, 0.5) is 18.3 Å². The first-order valence-electron chi connectivity index (χ1n) is 4.74. The fourth-order valence-corrected chi connectivity index (χ4v) is 2.58. The summed E-state index contributed by atoms with van der Waals surface area (Å²) in [5.74, 6) is 0.431. The Morgan fingerprint density at radius 2 is 2.06 bits per heavy atom. The van der Waals surface area contributed by atoms with Crippen LogP contribution in [-0.4, -0.2) is 22.1 Å². The zero-order valence-corrected chi connectivity index (χ0v) is 9.66. The highest BCUT2D eigenvalue weighted by Crippen LogP contribution is 2.34. The molecule has 2 rings (SSSR count). The molecule has 1 saturated carbocycles. The van der Waals surface area contributed by atoms with Crippen LogP contribution in [0.3, 0.4) is 0 Å². The molecule has 1 aliphatic rings. The summed E-state index contributed by atoms with van der Waals surface area (Å²) < 4.78 is 36.6. The normalized spacial score (nSPS) is 25.2. The van der Waals surface area contributed by atoms with Crippen molar-refractivity contribution >= 4 is 28.1 Å². The molecule has 1 heterocycles. The van der Waals surface area contributed by atoms with E-state index in [0.29, 0.717) is 23.8 Å². The minimum atomic E-state index is -4.41. The largest absolute Gasteiger partial charge is 0.445 e. The minimum absolute atomic E-state index is 0.213. The summed E-state index contributed by atoms with van der Waals surface area (Å²) in [6, 6.07) is 0. The van der Waals surface area contributed by atoms with E-state index < -0.39 is 11.2 Å². The maximum absolute atomic E-state index is 12.2. The van der Waals surface area contributed by atoms with Crippen LogP contribution in [0, 0.1) is 5.92 Å². The molecule has 16 heavy (non-hydrogen) atoms. The molecule has 1 N–H and O–H groups in total. The predicted molar refractivity (Wildman–Crippen MR) is 55.8 cm³/mol. The third kappa shape index (κ3) is 2.76. The van der Waals surface area contributed by atoms with Crippen molar-refractivity contribution < 1.29 is 13.2 Å². The number of aromatic nitrogens is 2. The molecule has 90 valence electrons. The number of rotatable bonds is 3. The highest BCUT2D eigenvalue weighted by Gasteiger charge is 2.35. The first-order valence-corrected chi connectivity index (χ1v) is 5.99. The summed E-state index contributed by atoms with van der Waals surface area (Å²) in [6.45, 7) is 0.607. The second-order valence-electron chi connectivity index (χ2n) is 3.73. The van der Waals surface area contributed by atoms with Crippen LogP contribution < -0.4 is 5.32 Å². The quantitative estimate of drug-likeness (QED) is 0.859. The van der Waals surface area contributed by atoms with Crippen molar-refractivity contribution in [3.8, 4) is 0 Å². The van der Waals surface area contributed by atoms with Crippen molar-refractivity contribution in [3.05, 3.63) is 5.01 Å². The number of anilines is 1. The molecule has 1 aromatic heterocycles. The Bertz CT molecular complexity index is 362. The van der Waals surface area contributed by atoms with Gasteiger partial charge in [-0.15, -0.1) is 21.8 Å². The Morgan fingerprint density at radius 1 is 1.38 bits per heavy atom. The lowest BCUT2D eigenvalue weighted by molar-refractivity contribution is -0.138. The zero-order chi connectivity index (χ0) is 11.8. The van der Waals surface area contributed by atoms with Crippen LogP contribution in [0.2, 0.25) is 0 Å². The van der Waals surface area contributed by atoms with Crippen LogP contribution >= 0.6 is 22.9 Å². The maximum Gasteiger partial charge on any atom is 0.445 e. The number of halogens is 4. The summed E-state index contributed by atoms with van der Waals surface area (Å²) in [6.07, 6.45) is -2.60. The van der Waals surface area contributed by atoms with Crippen LogP contribution in [0.25, 0.3) is 0 Å². The molecule has 0 spiro atoms. The first kappa shape index (κ1) is 11.9. The van der Waals surface area contributed by atoms with E-state index in [2.05, 4.69) is 15.5 Å². The topological polar surface area (TPSA) is 37.8 Å². The van der Waals surface area contributed by atoms with Crippen LogP contribution in [0.1, 0.15) is 17.8 Å². The predicted octanol–water partition coefficient (Wildman–Crippen LogP) is 2.99. The smallest absolute Gasteiger partial charge is 0.360 e. The first-order chi connectivity index (χ1) is 7.45. The van der Waals surface area contributed by atoms with Crippen molar-refractivity contribution in [2.75, 3.05) is 11.9 Å². The summed E-state index contributed by atoms with van der Waals surface area (Å²) in [4.78, 5) is 0. The van der Waals surface area contributed by atoms with Crippen LogP contribution in [-0.2, 0) is 6.18 Å². The van der Waals surface area contributed by atoms with Gasteiger partial charge in [0.05, 0.1) is 0 Å². The van der Waals surface area contributed by atoms with E-state index in [9.17, 15) is 13.2 Å². The summed E-state index contributed by atoms with van der Waals surface area (Å²) in [5.41, 5.74) is 0. The van der Waals surface area contributed by atoms with E-state index in [0.717, 1.165) is 12.8 Å².